The molecule has 4 rings (SSSR count). The molecule has 3 aromatic rings. The molecular weight excluding hydrogens is 537 g/mol. The minimum absolute atomic E-state index is 0.0201. The van der Waals surface area contributed by atoms with Crippen molar-refractivity contribution in [2.75, 3.05) is 25.0 Å². The lowest BCUT2D eigenvalue weighted by molar-refractivity contribution is -0.122. The van der Waals surface area contributed by atoms with Crippen molar-refractivity contribution in [1.82, 2.24) is 19.9 Å². The zero-order chi connectivity index (χ0) is 26.4. The summed E-state index contributed by atoms with van der Waals surface area (Å²) in [6.45, 7) is 1.08. The monoisotopic (exact) mass is 561 g/mol. The van der Waals surface area contributed by atoms with Crippen LogP contribution in [0, 0.1) is 0 Å². The van der Waals surface area contributed by atoms with Crippen molar-refractivity contribution < 1.29 is 18.0 Å². The Kier molecular flexibility index (Phi) is 8.78. The number of ketones is 1. The molecule has 0 aliphatic carbocycles. The number of hydrogen-bond donors (Lipinski definition) is 3. The Morgan fingerprint density at radius 1 is 1.05 bits per heavy atom. The Balaban J connectivity index is 1.42. The summed E-state index contributed by atoms with van der Waals surface area (Å²) in [5.74, 6) is -0.252. The van der Waals surface area contributed by atoms with E-state index < -0.39 is 22.1 Å². The van der Waals surface area contributed by atoms with Gasteiger partial charge in [-0.25, -0.2) is 13.2 Å². The van der Waals surface area contributed by atoms with E-state index in [1.807, 2.05) is 6.07 Å². The van der Waals surface area contributed by atoms with Crippen molar-refractivity contribution in [2.45, 2.75) is 23.9 Å². The van der Waals surface area contributed by atoms with Gasteiger partial charge in [-0.15, -0.1) is 0 Å². The number of hydrogen-bond acceptors (Lipinski definition) is 6. The highest BCUT2D eigenvalue weighted by molar-refractivity contribution is 7.89. The minimum atomic E-state index is -3.96. The molecule has 2 aromatic carbocycles. The van der Waals surface area contributed by atoms with Crippen LogP contribution in [0.15, 0.2) is 71.9 Å². The zero-order valence-corrected chi connectivity index (χ0v) is 22.0. The lowest BCUT2D eigenvalue weighted by Gasteiger charge is -2.34. The zero-order valence-electron chi connectivity index (χ0n) is 19.7. The molecule has 2 heterocycles. The Bertz CT molecular complexity index is 1370. The first-order chi connectivity index (χ1) is 17.7. The van der Waals surface area contributed by atoms with Gasteiger partial charge >= 0.3 is 6.03 Å². The number of Topliss-reactive ketones (excluding diaryl/α,β-unsaturated/α-hetero) is 1. The minimum Gasteiger partial charge on any atom is -0.334 e. The fourth-order valence-electron chi connectivity index (χ4n) is 3.92. The molecule has 2 amide bonds. The van der Waals surface area contributed by atoms with Gasteiger partial charge in [0.15, 0.2) is 5.78 Å². The Hall–Kier alpha value is -3.02. The number of rotatable bonds is 8. The lowest BCUT2D eigenvalue weighted by atomic mass is 10.0. The van der Waals surface area contributed by atoms with E-state index in [9.17, 15) is 18.0 Å². The summed E-state index contributed by atoms with van der Waals surface area (Å²) in [5.41, 5.74) is 1.92. The van der Waals surface area contributed by atoms with Gasteiger partial charge < -0.3 is 16.0 Å². The molecule has 0 radical (unpaired) electrons. The Labute approximate surface area is 225 Å². The van der Waals surface area contributed by atoms with Gasteiger partial charge in [-0.3, -0.25) is 9.78 Å². The second-order valence-corrected chi connectivity index (χ2v) is 11.1. The molecule has 3 N–H and O–H groups in total. The van der Waals surface area contributed by atoms with Crippen LogP contribution in [0.25, 0.3) is 0 Å². The molecule has 0 bridgehead atoms. The van der Waals surface area contributed by atoms with E-state index >= 15 is 0 Å². The number of pyridine rings is 1. The maximum Gasteiger partial charge on any atom is 0.319 e. The van der Waals surface area contributed by atoms with Crippen LogP contribution in [0.4, 0.5) is 10.5 Å². The van der Waals surface area contributed by atoms with E-state index in [2.05, 4.69) is 20.9 Å². The third-order valence-corrected chi connectivity index (χ3v) is 8.48. The molecular formula is C25H25Cl2N5O4S. The SMILES string of the molecule is O=C(NCc1cccnc1)Nc1ccc(S(=O)(=O)N2CCNCC2C(=O)Cc2ccc(Cl)c(Cl)c2)cc1. The van der Waals surface area contributed by atoms with Crippen molar-refractivity contribution in [2.24, 2.45) is 0 Å². The largest absolute Gasteiger partial charge is 0.334 e. The summed E-state index contributed by atoms with van der Waals surface area (Å²) < 4.78 is 28.1. The number of nitrogens with zero attached hydrogens (tertiary/aromatic N) is 2. The van der Waals surface area contributed by atoms with Gasteiger partial charge in [0.05, 0.1) is 21.0 Å². The summed E-state index contributed by atoms with van der Waals surface area (Å²) in [4.78, 5) is 29.3. The van der Waals surface area contributed by atoms with Crippen molar-refractivity contribution >= 4 is 50.7 Å². The number of benzene rings is 2. The Morgan fingerprint density at radius 3 is 2.54 bits per heavy atom. The van der Waals surface area contributed by atoms with Crippen LogP contribution in [-0.2, 0) is 27.8 Å². The third-order valence-electron chi connectivity index (χ3n) is 5.82. The standard InChI is InChI=1S/C25H25Cl2N5O4S/c26-21-8-3-17(12-22(21)27)13-24(33)23-16-29-10-11-32(23)37(35,36)20-6-4-19(5-7-20)31-25(34)30-15-18-2-1-9-28-14-18/h1-9,12,14,23,29H,10-11,13,15-16H2,(H2,30,31,34). The lowest BCUT2D eigenvalue weighted by Crippen LogP contribution is -2.57. The van der Waals surface area contributed by atoms with Gasteiger partial charge in [0.2, 0.25) is 10.0 Å². The van der Waals surface area contributed by atoms with E-state index in [1.165, 1.54) is 28.6 Å². The maximum absolute atomic E-state index is 13.4. The first kappa shape index (κ1) is 27.0. The van der Waals surface area contributed by atoms with Crippen LogP contribution in [0.1, 0.15) is 11.1 Å². The van der Waals surface area contributed by atoms with Crippen molar-refractivity contribution in [3.8, 4) is 0 Å². The van der Waals surface area contributed by atoms with Crippen LogP contribution >= 0.6 is 23.2 Å². The molecule has 0 spiro atoms. The van der Waals surface area contributed by atoms with Gasteiger partial charge in [-0.1, -0.05) is 35.3 Å². The summed E-state index contributed by atoms with van der Waals surface area (Å²) in [6.07, 6.45) is 3.32. The fraction of sp³-hybridized carbons (Fsp3) is 0.240. The van der Waals surface area contributed by atoms with E-state index in [-0.39, 0.29) is 30.2 Å². The van der Waals surface area contributed by atoms with Gasteiger partial charge in [0.1, 0.15) is 0 Å². The topological polar surface area (TPSA) is 120 Å². The molecule has 1 unspecified atom stereocenters. The van der Waals surface area contributed by atoms with Crippen LogP contribution in [0.5, 0.6) is 0 Å². The van der Waals surface area contributed by atoms with E-state index in [1.54, 1.807) is 36.7 Å². The molecule has 1 fully saturated rings. The number of carbonyl (C=O) groups is 2. The summed E-state index contributed by atoms with van der Waals surface area (Å²) in [6, 6.07) is 13.0. The second kappa shape index (κ2) is 12.0. The number of anilines is 1. The molecule has 1 aromatic heterocycles. The highest BCUT2D eigenvalue weighted by Gasteiger charge is 2.37. The highest BCUT2D eigenvalue weighted by Crippen LogP contribution is 2.25. The summed E-state index contributed by atoms with van der Waals surface area (Å²) >= 11 is 12.0. The summed E-state index contributed by atoms with van der Waals surface area (Å²) in [5, 5.41) is 9.19. The first-order valence-electron chi connectivity index (χ1n) is 11.5. The summed E-state index contributed by atoms with van der Waals surface area (Å²) in [7, 11) is -3.96. The average Bonchev–Trinajstić information content (AvgIpc) is 2.90. The average molecular weight is 562 g/mol. The van der Waals surface area contributed by atoms with Crippen LogP contribution in [0.2, 0.25) is 10.0 Å². The second-order valence-electron chi connectivity index (χ2n) is 8.42. The van der Waals surface area contributed by atoms with Crippen LogP contribution in [0.3, 0.4) is 0 Å². The number of piperazine rings is 1. The molecule has 37 heavy (non-hydrogen) atoms. The van der Waals surface area contributed by atoms with Gasteiger partial charge in [0, 0.05) is 50.7 Å². The number of sulfonamides is 1. The molecule has 12 heteroatoms. The molecule has 1 aliphatic rings. The number of halogens is 2. The van der Waals surface area contributed by atoms with Crippen LogP contribution in [-0.4, -0.2) is 55.2 Å². The first-order valence-corrected chi connectivity index (χ1v) is 13.7. The number of aromatic nitrogens is 1. The molecule has 1 aliphatic heterocycles. The third kappa shape index (κ3) is 6.85. The van der Waals surface area contributed by atoms with Crippen LogP contribution < -0.4 is 16.0 Å². The molecule has 194 valence electrons. The fourth-order valence-corrected chi connectivity index (χ4v) is 5.85. The molecule has 0 saturated carbocycles. The smallest absolute Gasteiger partial charge is 0.319 e. The number of nitrogens with one attached hydrogen (secondary N) is 3. The quantitative estimate of drug-likeness (QED) is 0.387. The number of amides is 2. The normalized spacial score (nSPS) is 16.2. The van der Waals surface area contributed by atoms with Gasteiger partial charge in [0.25, 0.3) is 0 Å². The van der Waals surface area contributed by atoms with Crippen molar-refractivity contribution in [3.63, 3.8) is 0 Å². The van der Waals surface area contributed by atoms with E-state index in [0.717, 1.165) is 5.56 Å². The van der Waals surface area contributed by atoms with Crippen molar-refractivity contribution in [1.29, 1.82) is 0 Å². The predicted molar refractivity (Wildman–Crippen MR) is 142 cm³/mol. The highest BCUT2D eigenvalue weighted by atomic mass is 35.5. The number of carbonyl (C=O) groups excluding carboxylic acids is 2. The maximum atomic E-state index is 13.4. The molecule has 1 atom stereocenters. The molecule has 9 nitrogen and oxygen atoms in total. The van der Waals surface area contributed by atoms with Gasteiger partial charge in [-0.05, 0) is 53.6 Å². The predicted octanol–water partition coefficient (Wildman–Crippen LogP) is 3.48. The number of urea groups is 1. The molecule has 1 saturated heterocycles. The van der Waals surface area contributed by atoms with E-state index in [4.69, 9.17) is 23.2 Å². The Morgan fingerprint density at radius 2 is 1.84 bits per heavy atom. The van der Waals surface area contributed by atoms with Crippen molar-refractivity contribution in [3.05, 3.63) is 88.2 Å². The van der Waals surface area contributed by atoms with E-state index in [0.29, 0.717) is 34.4 Å². The van der Waals surface area contributed by atoms with Gasteiger partial charge in [-0.2, -0.15) is 4.31 Å².